The van der Waals surface area contributed by atoms with Gasteiger partial charge in [0.25, 0.3) is 0 Å². The van der Waals surface area contributed by atoms with Crippen LogP contribution in [0.5, 0.6) is 0 Å². The summed E-state index contributed by atoms with van der Waals surface area (Å²) in [5.74, 6) is -1.30. The summed E-state index contributed by atoms with van der Waals surface area (Å²) < 4.78 is 68.7. The number of esters is 4. The molecule has 19 heteroatoms. The predicted octanol–water partition coefficient (Wildman–Crippen LogP) is 24.4. The maximum Gasteiger partial charge on any atom is 0.472 e. The zero-order valence-electron chi connectivity index (χ0n) is 65.3. The van der Waals surface area contributed by atoms with Crippen molar-refractivity contribution in [2.24, 2.45) is 5.92 Å². The minimum Gasteiger partial charge on any atom is -0.462 e. The maximum atomic E-state index is 13.1. The molecule has 3 N–H and O–H groups in total. The normalized spacial score (nSPS) is 13.8. The average Bonchev–Trinajstić information content (AvgIpc) is 0.938. The van der Waals surface area contributed by atoms with Crippen LogP contribution in [0.15, 0.2) is 0 Å². The number of carbonyl (C=O) groups excluding carboxylic acids is 4. The van der Waals surface area contributed by atoms with E-state index >= 15 is 0 Å². The quantitative estimate of drug-likeness (QED) is 0.0222. The number of hydrogen-bond acceptors (Lipinski definition) is 15. The lowest BCUT2D eigenvalue weighted by Gasteiger charge is -2.21. The van der Waals surface area contributed by atoms with Gasteiger partial charge in [-0.3, -0.25) is 37.3 Å². The Morgan fingerprint density at radius 1 is 0.270 bits per heavy atom. The molecule has 0 radical (unpaired) electrons. The van der Waals surface area contributed by atoms with Crippen LogP contribution in [0, 0.1) is 5.92 Å². The number of rotatable bonds is 81. The molecular weight excluding hydrogens is 1310 g/mol. The van der Waals surface area contributed by atoms with Gasteiger partial charge in [-0.15, -0.1) is 0 Å². The summed E-state index contributed by atoms with van der Waals surface area (Å²) in [7, 11) is -9.92. The van der Waals surface area contributed by atoms with E-state index in [0.29, 0.717) is 25.7 Å². The Morgan fingerprint density at radius 3 is 0.680 bits per heavy atom. The smallest absolute Gasteiger partial charge is 0.462 e. The molecule has 0 rings (SSSR count). The van der Waals surface area contributed by atoms with Crippen LogP contribution in [0.25, 0.3) is 0 Å². The van der Waals surface area contributed by atoms with E-state index in [0.717, 1.165) is 95.8 Å². The summed E-state index contributed by atoms with van der Waals surface area (Å²) in [6, 6.07) is 0. The second-order valence-electron chi connectivity index (χ2n) is 29.6. The van der Waals surface area contributed by atoms with Gasteiger partial charge in [-0.25, -0.2) is 9.13 Å². The molecule has 0 aliphatic rings. The summed E-state index contributed by atoms with van der Waals surface area (Å²) in [5, 5.41) is 10.6. The lowest BCUT2D eigenvalue weighted by Crippen LogP contribution is -2.30. The minimum absolute atomic E-state index is 0.109. The molecule has 0 aliphatic carbocycles. The minimum atomic E-state index is -4.96. The fourth-order valence-corrected chi connectivity index (χ4v) is 14.2. The molecule has 0 fully saturated rings. The lowest BCUT2D eigenvalue weighted by atomic mass is 10.0. The van der Waals surface area contributed by atoms with Crippen LogP contribution in [0.1, 0.15) is 433 Å². The van der Waals surface area contributed by atoms with Crippen molar-refractivity contribution < 1.29 is 80.2 Å². The topological polar surface area (TPSA) is 237 Å². The number of aliphatic hydroxyl groups excluding tert-OH is 1. The van der Waals surface area contributed by atoms with Gasteiger partial charge in [-0.2, -0.15) is 0 Å². The van der Waals surface area contributed by atoms with E-state index in [9.17, 15) is 43.2 Å². The van der Waals surface area contributed by atoms with Crippen molar-refractivity contribution in [3.63, 3.8) is 0 Å². The van der Waals surface area contributed by atoms with E-state index in [1.165, 1.54) is 257 Å². The van der Waals surface area contributed by atoms with E-state index in [2.05, 4.69) is 34.6 Å². The molecule has 17 nitrogen and oxygen atoms in total. The molecular formula is C81H158O17P2. The highest BCUT2D eigenvalue weighted by Crippen LogP contribution is 2.45. The van der Waals surface area contributed by atoms with E-state index in [1.54, 1.807) is 0 Å². The Kier molecular flexibility index (Phi) is 72.5. The molecule has 0 bridgehead atoms. The zero-order valence-corrected chi connectivity index (χ0v) is 67.1. The van der Waals surface area contributed by atoms with Crippen LogP contribution < -0.4 is 0 Å². The molecule has 0 saturated carbocycles. The zero-order chi connectivity index (χ0) is 73.4. The molecule has 2 unspecified atom stereocenters. The molecule has 0 amide bonds. The largest absolute Gasteiger partial charge is 0.472 e. The number of unbranched alkanes of at least 4 members (excludes halogenated alkanes) is 53. The van der Waals surface area contributed by atoms with Crippen molar-refractivity contribution in [1.82, 2.24) is 0 Å². The Balaban J connectivity index is 5.22. The first-order chi connectivity index (χ1) is 48.5. The highest BCUT2D eigenvalue weighted by Gasteiger charge is 2.30. The maximum absolute atomic E-state index is 13.1. The molecule has 100 heavy (non-hydrogen) atoms. The van der Waals surface area contributed by atoms with Crippen LogP contribution in [0.4, 0.5) is 0 Å². The fourth-order valence-electron chi connectivity index (χ4n) is 12.6. The number of hydrogen-bond donors (Lipinski definition) is 3. The molecule has 594 valence electrons. The summed E-state index contributed by atoms with van der Waals surface area (Å²) in [6.07, 6.45) is 65.1. The third kappa shape index (κ3) is 74.3. The second kappa shape index (κ2) is 73.9. The first-order valence-electron chi connectivity index (χ1n) is 42.1. The van der Waals surface area contributed by atoms with Gasteiger partial charge in [0.1, 0.15) is 19.3 Å². The monoisotopic (exact) mass is 1470 g/mol. The summed E-state index contributed by atoms with van der Waals surface area (Å²) in [6.45, 7) is 7.35. The summed E-state index contributed by atoms with van der Waals surface area (Å²) in [5.41, 5.74) is 0. The number of phosphoric acid groups is 2. The third-order valence-corrected chi connectivity index (χ3v) is 20.9. The SMILES string of the molecule is CCCCCCCCCCCCCCCCCCCC(=O)OC[C@H](COP(=O)(O)OC[C@@H](O)COP(=O)(O)OC[C@@H](COC(=O)CCCCCCCCCCC)OC(=O)CCCCCCCCCCCCCCCCCC)OC(=O)CCCCCCCCCCCCCCCCCC(C)C. The van der Waals surface area contributed by atoms with Crippen molar-refractivity contribution >= 4 is 39.5 Å². The number of phosphoric ester groups is 2. The van der Waals surface area contributed by atoms with Crippen LogP contribution in [-0.2, 0) is 65.4 Å². The van der Waals surface area contributed by atoms with Crippen molar-refractivity contribution in [2.45, 2.75) is 451 Å². The molecule has 0 saturated heterocycles. The van der Waals surface area contributed by atoms with Gasteiger partial charge < -0.3 is 33.8 Å². The summed E-state index contributed by atoms with van der Waals surface area (Å²) >= 11 is 0. The van der Waals surface area contributed by atoms with Crippen molar-refractivity contribution in [3.05, 3.63) is 0 Å². The lowest BCUT2D eigenvalue weighted by molar-refractivity contribution is -0.161. The molecule has 0 aromatic heterocycles. The number of carbonyl (C=O) groups is 4. The number of ether oxygens (including phenoxy) is 4. The summed E-state index contributed by atoms with van der Waals surface area (Å²) in [4.78, 5) is 73.0. The van der Waals surface area contributed by atoms with E-state index in [-0.39, 0.29) is 25.7 Å². The highest BCUT2D eigenvalue weighted by molar-refractivity contribution is 7.47. The standard InChI is InChI=1S/C81H158O17P2/c1-6-9-12-15-18-21-23-25-27-29-33-36-40-45-50-55-60-65-79(84)92-71-77(98-81(86)67-62-57-52-47-42-38-34-30-31-35-39-44-48-53-58-63-74(4)5)73-96-100(89,90)94-69-75(82)68-93-99(87,88)95-72-76(70-91-78(83)64-59-54-49-43-20-17-14-11-8-3)97-80(85)66-61-56-51-46-41-37-32-28-26-24-22-19-16-13-10-7-2/h74-77,82H,6-73H2,1-5H3,(H,87,88)(H,89,90)/t75-,76+,77+/m0/s1. The second-order valence-corrected chi connectivity index (χ2v) is 32.5. The van der Waals surface area contributed by atoms with Crippen molar-refractivity contribution in [1.29, 1.82) is 0 Å². The average molecular weight is 1470 g/mol. The molecule has 5 atom stereocenters. The Labute approximate surface area is 613 Å². The van der Waals surface area contributed by atoms with Gasteiger partial charge >= 0.3 is 39.5 Å². The molecule has 0 aliphatic heterocycles. The van der Waals surface area contributed by atoms with E-state index in [1.807, 2.05) is 0 Å². The number of aliphatic hydroxyl groups is 1. The van der Waals surface area contributed by atoms with E-state index in [4.69, 9.17) is 37.0 Å². The first kappa shape index (κ1) is 98.1. The Bertz CT molecular complexity index is 1910. The molecule has 0 aromatic rings. The third-order valence-electron chi connectivity index (χ3n) is 19.0. The Hall–Kier alpha value is -1.94. The van der Waals surface area contributed by atoms with Crippen LogP contribution >= 0.6 is 15.6 Å². The van der Waals surface area contributed by atoms with Gasteiger partial charge in [0, 0.05) is 25.7 Å². The van der Waals surface area contributed by atoms with Gasteiger partial charge in [0.2, 0.25) is 0 Å². The van der Waals surface area contributed by atoms with Crippen LogP contribution in [-0.4, -0.2) is 96.7 Å². The Morgan fingerprint density at radius 2 is 0.460 bits per heavy atom. The van der Waals surface area contributed by atoms with Crippen molar-refractivity contribution in [3.8, 4) is 0 Å². The van der Waals surface area contributed by atoms with Gasteiger partial charge in [-0.05, 0) is 31.6 Å². The predicted molar refractivity (Wildman–Crippen MR) is 409 cm³/mol. The van der Waals surface area contributed by atoms with E-state index < -0.39 is 97.5 Å². The van der Waals surface area contributed by atoms with Crippen LogP contribution in [0.2, 0.25) is 0 Å². The highest BCUT2D eigenvalue weighted by atomic mass is 31.2. The van der Waals surface area contributed by atoms with Crippen LogP contribution in [0.3, 0.4) is 0 Å². The molecule has 0 aromatic carbocycles. The first-order valence-corrected chi connectivity index (χ1v) is 45.1. The fraction of sp³-hybridized carbons (Fsp3) is 0.951. The molecule has 0 spiro atoms. The van der Waals surface area contributed by atoms with Gasteiger partial charge in [0.15, 0.2) is 12.2 Å². The van der Waals surface area contributed by atoms with Gasteiger partial charge in [0.05, 0.1) is 26.4 Å². The van der Waals surface area contributed by atoms with Gasteiger partial charge in [-0.1, -0.05) is 381 Å². The molecule has 0 heterocycles. The van der Waals surface area contributed by atoms with Crippen molar-refractivity contribution in [2.75, 3.05) is 39.6 Å².